The highest BCUT2D eigenvalue weighted by molar-refractivity contribution is 6.07. The second kappa shape index (κ2) is 8.62. The van der Waals surface area contributed by atoms with Gasteiger partial charge in [-0.1, -0.05) is 18.2 Å². The van der Waals surface area contributed by atoms with Gasteiger partial charge in [-0.15, -0.1) is 0 Å². The highest BCUT2D eigenvalue weighted by Crippen LogP contribution is 2.28. The summed E-state index contributed by atoms with van der Waals surface area (Å²) in [4.78, 5) is 17.8. The van der Waals surface area contributed by atoms with Crippen molar-refractivity contribution in [1.82, 2.24) is 10.3 Å². The summed E-state index contributed by atoms with van der Waals surface area (Å²) in [5.74, 6) is 1.30. The minimum absolute atomic E-state index is 0.0652. The van der Waals surface area contributed by atoms with Crippen LogP contribution in [0, 0.1) is 11.8 Å². The Balaban J connectivity index is 1.57. The molecule has 0 atom stereocenters. The van der Waals surface area contributed by atoms with Crippen molar-refractivity contribution in [2.75, 3.05) is 13.1 Å². The number of nitrogens with zero attached hydrogens (tertiary/aromatic N) is 1. The van der Waals surface area contributed by atoms with Gasteiger partial charge in [0, 0.05) is 17.5 Å². The van der Waals surface area contributed by atoms with E-state index in [0.29, 0.717) is 23.9 Å². The molecule has 3 aromatic rings. The zero-order valence-electron chi connectivity index (χ0n) is 16.5. The number of hydrogen-bond donors (Lipinski definition) is 3. The van der Waals surface area contributed by atoms with Gasteiger partial charge >= 0.3 is 0 Å². The average Bonchev–Trinajstić information content (AvgIpc) is 2.77. The molecule has 0 saturated heterocycles. The minimum Gasteiger partial charge on any atom is -0.508 e. The summed E-state index contributed by atoms with van der Waals surface area (Å²) in [6.45, 7) is 1.46. The second-order valence-corrected chi connectivity index (χ2v) is 7.95. The molecule has 0 spiro atoms. The van der Waals surface area contributed by atoms with Gasteiger partial charge in [0.15, 0.2) is 0 Å². The van der Waals surface area contributed by atoms with Gasteiger partial charge in [0.25, 0.3) is 5.91 Å². The molecule has 29 heavy (non-hydrogen) atoms. The third-order valence-corrected chi connectivity index (χ3v) is 5.97. The number of hydrogen-bond acceptors (Lipinski definition) is 4. The Kier molecular flexibility index (Phi) is 5.76. The van der Waals surface area contributed by atoms with Gasteiger partial charge in [-0.05, 0) is 80.5 Å². The molecular weight excluding hydrogens is 362 g/mol. The maximum atomic E-state index is 13.1. The van der Waals surface area contributed by atoms with E-state index in [9.17, 15) is 9.90 Å². The number of benzene rings is 2. The minimum atomic E-state index is -0.0652. The molecule has 4 rings (SSSR count). The monoisotopic (exact) mass is 389 g/mol. The van der Waals surface area contributed by atoms with Crippen LogP contribution in [-0.2, 0) is 0 Å². The first-order chi connectivity index (χ1) is 14.1. The van der Waals surface area contributed by atoms with Crippen LogP contribution in [0.2, 0.25) is 0 Å². The number of nitrogens with one attached hydrogen (secondary N) is 1. The van der Waals surface area contributed by atoms with Crippen molar-refractivity contribution in [2.24, 2.45) is 17.6 Å². The lowest BCUT2D eigenvalue weighted by Gasteiger charge is -2.27. The van der Waals surface area contributed by atoms with Crippen molar-refractivity contribution >= 4 is 16.8 Å². The van der Waals surface area contributed by atoms with Crippen molar-refractivity contribution in [3.8, 4) is 17.0 Å². The maximum Gasteiger partial charge on any atom is 0.252 e. The number of carbonyl (C=O) groups excluding carboxylic acids is 1. The van der Waals surface area contributed by atoms with Gasteiger partial charge in [-0.3, -0.25) is 4.79 Å². The molecule has 1 fully saturated rings. The molecule has 1 aromatic heterocycles. The molecule has 1 amide bonds. The number of nitrogens with two attached hydrogens (primary N) is 1. The summed E-state index contributed by atoms with van der Waals surface area (Å²) in [7, 11) is 0. The van der Waals surface area contributed by atoms with Gasteiger partial charge in [0.2, 0.25) is 0 Å². The Bertz CT molecular complexity index is 993. The number of pyridine rings is 1. The van der Waals surface area contributed by atoms with Crippen LogP contribution in [0.4, 0.5) is 0 Å². The zero-order chi connectivity index (χ0) is 20.2. The number of fused-ring (bicyclic) bond motifs is 1. The van der Waals surface area contributed by atoms with E-state index in [0.717, 1.165) is 54.4 Å². The first-order valence-electron chi connectivity index (χ1n) is 10.3. The first kappa shape index (κ1) is 19.4. The van der Waals surface area contributed by atoms with E-state index >= 15 is 0 Å². The van der Waals surface area contributed by atoms with E-state index in [2.05, 4.69) is 5.32 Å². The molecule has 5 nitrogen and oxygen atoms in total. The molecule has 1 saturated carbocycles. The van der Waals surface area contributed by atoms with Crippen LogP contribution in [0.1, 0.15) is 36.0 Å². The Morgan fingerprint density at radius 2 is 1.72 bits per heavy atom. The fraction of sp³-hybridized carbons (Fsp3) is 0.333. The van der Waals surface area contributed by atoms with Crippen LogP contribution in [0.25, 0.3) is 22.2 Å². The van der Waals surface area contributed by atoms with Crippen LogP contribution < -0.4 is 11.1 Å². The highest BCUT2D eigenvalue weighted by Gasteiger charge is 2.21. The Labute approximate surface area is 171 Å². The summed E-state index contributed by atoms with van der Waals surface area (Å²) in [6.07, 6.45) is 4.55. The van der Waals surface area contributed by atoms with E-state index in [1.807, 2.05) is 42.5 Å². The lowest BCUT2D eigenvalue weighted by Crippen LogP contribution is -2.32. The number of rotatable bonds is 5. The van der Waals surface area contributed by atoms with E-state index in [1.165, 1.54) is 0 Å². The number of phenols is 1. The third kappa shape index (κ3) is 4.40. The molecule has 150 valence electrons. The molecule has 0 bridgehead atoms. The summed E-state index contributed by atoms with van der Waals surface area (Å²) < 4.78 is 0. The molecule has 1 aliphatic carbocycles. The van der Waals surface area contributed by atoms with E-state index in [-0.39, 0.29) is 11.7 Å². The van der Waals surface area contributed by atoms with Gasteiger partial charge in [0.05, 0.1) is 16.8 Å². The number of carbonyl (C=O) groups is 1. The van der Waals surface area contributed by atoms with Crippen LogP contribution >= 0.6 is 0 Å². The maximum absolute atomic E-state index is 13.1. The topological polar surface area (TPSA) is 88.2 Å². The van der Waals surface area contributed by atoms with Gasteiger partial charge in [-0.2, -0.15) is 0 Å². The SMILES string of the molecule is NCC1CCC(CNC(=O)c2cc(-c3ccc(O)cc3)nc3ccccc23)CC1. The Morgan fingerprint density at radius 1 is 1.03 bits per heavy atom. The van der Waals surface area contributed by atoms with Gasteiger partial charge < -0.3 is 16.2 Å². The van der Waals surface area contributed by atoms with Crippen molar-refractivity contribution in [2.45, 2.75) is 25.7 Å². The van der Waals surface area contributed by atoms with Crippen LogP contribution in [0.15, 0.2) is 54.6 Å². The fourth-order valence-corrected chi connectivity index (χ4v) is 4.15. The molecule has 1 heterocycles. The zero-order valence-corrected chi connectivity index (χ0v) is 16.5. The van der Waals surface area contributed by atoms with Crippen LogP contribution in [0.5, 0.6) is 5.75 Å². The number of phenolic OH excluding ortho intramolecular Hbond substituents is 1. The molecule has 2 aromatic carbocycles. The molecular formula is C24H27N3O2. The normalized spacial score (nSPS) is 19.2. The van der Waals surface area contributed by atoms with Crippen molar-refractivity contribution in [3.05, 3.63) is 60.2 Å². The summed E-state index contributed by atoms with van der Waals surface area (Å²) in [5, 5.41) is 13.5. The molecule has 0 unspecified atom stereocenters. The predicted octanol–water partition coefficient (Wildman–Crippen LogP) is 4.10. The number of para-hydroxylation sites is 1. The van der Waals surface area contributed by atoms with E-state index in [4.69, 9.17) is 10.7 Å². The third-order valence-electron chi connectivity index (χ3n) is 5.97. The van der Waals surface area contributed by atoms with Crippen molar-refractivity contribution in [3.63, 3.8) is 0 Å². The van der Waals surface area contributed by atoms with E-state index < -0.39 is 0 Å². The van der Waals surface area contributed by atoms with Crippen LogP contribution in [0.3, 0.4) is 0 Å². The predicted molar refractivity (Wildman–Crippen MR) is 116 cm³/mol. The lowest BCUT2D eigenvalue weighted by atomic mass is 9.82. The summed E-state index contributed by atoms with van der Waals surface area (Å²) in [6, 6.07) is 16.4. The smallest absolute Gasteiger partial charge is 0.252 e. The van der Waals surface area contributed by atoms with Gasteiger partial charge in [0.1, 0.15) is 5.75 Å². The van der Waals surface area contributed by atoms with Crippen molar-refractivity contribution in [1.29, 1.82) is 0 Å². The second-order valence-electron chi connectivity index (χ2n) is 7.95. The van der Waals surface area contributed by atoms with Crippen LogP contribution in [-0.4, -0.2) is 29.1 Å². The Hall–Kier alpha value is -2.92. The Morgan fingerprint density at radius 3 is 2.45 bits per heavy atom. The summed E-state index contributed by atoms with van der Waals surface area (Å²) >= 11 is 0. The largest absolute Gasteiger partial charge is 0.508 e. The molecule has 0 radical (unpaired) electrons. The van der Waals surface area contributed by atoms with Crippen molar-refractivity contribution < 1.29 is 9.90 Å². The molecule has 4 N–H and O–H groups in total. The standard InChI is InChI=1S/C24H27N3O2/c25-14-16-5-7-17(8-6-16)15-26-24(29)21-13-23(18-9-11-19(28)12-10-18)27-22-4-2-1-3-20(21)22/h1-4,9-13,16-17,28H,5-8,14-15,25H2,(H,26,29). The van der Waals surface area contributed by atoms with E-state index in [1.54, 1.807) is 12.1 Å². The fourth-order valence-electron chi connectivity index (χ4n) is 4.15. The van der Waals surface area contributed by atoms with Gasteiger partial charge in [-0.25, -0.2) is 4.98 Å². The number of aromatic hydroxyl groups is 1. The molecule has 1 aliphatic rings. The quantitative estimate of drug-likeness (QED) is 0.613. The summed E-state index contributed by atoms with van der Waals surface area (Å²) in [5.41, 5.74) is 8.78. The number of aromatic nitrogens is 1. The first-order valence-corrected chi connectivity index (χ1v) is 10.3. The highest BCUT2D eigenvalue weighted by atomic mass is 16.3. The number of amides is 1. The lowest BCUT2D eigenvalue weighted by molar-refractivity contribution is 0.0943. The molecule has 0 aliphatic heterocycles. The molecule has 5 heteroatoms. The average molecular weight is 389 g/mol.